The van der Waals surface area contributed by atoms with E-state index in [1.165, 1.54) is 37.8 Å². The summed E-state index contributed by atoms with van der Waals surface area (Å²) >= 11 is -1.66. The van der Waals surface area contributed by atoms with E-state index in [-0.39, 0.29) is 0 Å². The molecule has 0 aliphatic heterocycles. The third-order valence-corrected chi connectivity index (χ3v) is 15.1. The van der Waals surface area contributed by atoms with Gasteiger partial charge in [0.2, 0.25) is 0 Å². The fourth-order valence-electron chi connectivity index (χ4n) is 5.33. The van der Waals surface area contributed by atoms with Crippen LogP contribution in [-0.2, 0) is 3.22 Å². The first kappa shape index (κ1) is 25.5. The van der Waals surface area contributed by atoms with E-state index in [2.05, 4.69) is 113 Å². The fraction of sp³-hybridized carbons (Fsp3) is 0.156. The molecule has 0 aliphatic carbocycles. The first-order valence-electron chi connectivity index (χ1n) is 12.6. The van der Waals surface area contributed by atoms with Crippen molar-refractivity contribution in [3.05, 3.63) is 125 Å². The molecule has 4 aromatic carbocycles. The molecular weight excluding hydrogens is 528 g/mol. The molecule has 5 rings (SSSR count). The third-order valence-electron chi connectivity index (χ3n) is 7.11. The molecule has 3 nitrogen and oxygen atoms in total. The minimum absolute atomic E-state index is 0.812. The number of aryl methyl sites for hydroxylation is 5. The van der Waals surface area contributed by atoms with E-state index in [1.54, 1.807) is 0 Å². The molecule has 0 N–H and O–H groups in total. The molecule has 1 heterocycles. The predicted molar refractivity (Wildman–Crippen MR) is 157 cm³/mol. The number of para-hydroxylation sites is 1. The molecule has 0 spiro atoms. The summed E-state index contributed by atoms with van der Waals surface area (Å²) in [4.78, 5) is 4.82. The Morgan fingerprint density at radius 1 is 0.595 bits per heavy atom. The summed E-state index contributed by atoms with van der Waals surface area (Å²) in [6.45, 7) is 10.7. The van der Waals surface area contributed by atoms with Gasteiger partial charge in [-0.1, -0.05) is 0 Å². The van der Waals surface area contributed by atoms with Crippen LogP contribution >= 0.6 is 0 Å². The van der Waals surface area contributed by atoms with Crippen molar-refractivity contribution in [3.8, 4) is 5.75 Å². The third kappa shape index (κ3) is 4.80. The van der Waals surface area contributed by atoms with Crippen LogP contribution in [0.25, 0.3) is 10.9 Å². The second kappa shape index (κ2) is 10.7. The van der Waals surface area contributed by atoms with Gasteiger partial charge in [0.25, 0.3) is 0 Å². The number of hydrogen-bond donors (Lipinski definition) is 0. The van der Waals surface area contributed by atoms with Crippen LogP contribution in [0.5, 0.6) is 5.75 Å². The van der Waals surface area contributed by atoms with E-state index in [1.807, 2.05) is 19.1 Å². The van der Waals surface area contributed by atoms with Crippen molar-refractivity contribution >= 4 is 52.9 Å². The van der Waals surface area contributed by atoms with Crippen LogP contribution in [0.2, 0.25) is 0 Å². The average Bonchev–Trinajstić information content (AvgIpc) is 2.88. The van der Waals surface area contributed by atoms with E-state index >= 15 is 0 Å². The Labute approximate surface area is 229 Å². The van der Waals surface area contributed by atoms with Gasteiger partial charge in [0.1, 0.15) is 0 Å². The second-order valence-corrected chi connectivity index (χ2v) is 15.3. The van der Waals surface area contributed by atoms with Gasteiger partial charge in [-0.05, 0) is 0 Å². The van der Waals surface area contributed by atoms with Gasteiger partial charge < -0.3 is 0 Å². The molecule has 0 bridgehead atoms. The average molecular weight is 559 g/mol. The number of rotatable bonds is 7. The minimum atomic E-state index is -2.88. The quantitative estimate of drug-likeness (QED) is 0.199. The van der Waals surface area contributed by atoms with Crippen LogP contribution in [0.15, 0.2) is 97.1 Å². The molecule has 0 saturated heterocycles. The number of fused-ring (bicyclic) bond motifs is 1. The molecule has 5 heteroatoms. The number of benzene rings is 4. The predicted octanol–water partition coefficient (Wildman–Crippen LogP) is 5.37. The van der Waals surface area contributed by atoms with E-state index < -0.39 is 26.5 Å². The van der Waals surface area contributed by atoms with Gasteiger partial charge in [0.05, 0.1) is 0 Å². The van der Waals surface area contributed by atoms with Crippen LogP contribution < -0.4 is 19.1 Å². The summed E-state index contributed by atoms with van der Waals surface area (Å²) in [5.74, 6) is 0.812. The Morgan fingerprint density at radius 2 is 1.11 bits per heavy atom. The molecule has 0 saturated carbocycles. The molecule has 1 aromatic heterocycles. The van der Waals surface area contributed by atoms with Crippen molar-refractivity contribution in [3.63, 3.8) is 0 Å². The van der Waals surface area contributed by atoms with Crippen molar-refractivity contribution in [1.29, 1.82) is 0 Å². The fourth-order valence-corrected chi connectivity index (χ4v) is 13.9. The maximum absolute atomic E-state index is 7.29. The molecule has 0 fully saturated rings. The van der Waals surface area contributed by atoms with Gasteiger partial charge in [-0.3, -0.25) is 0 Å². The van der Waals surface area contributed by atoms with Gasteiger partial charge in [-0.25, -0.2) is 0 Å². The van der Waals surface area contributed by atoms with Crippen molar-refractivity contribution in [2.24, 2.45) is 0 Å². The number of nitrogens with zero attached hydrogens (tertiary/aromatic N) is 1. The van der Waals surface area contributed by atoms with E-state index in [0.29, 0.717) is 0 Å². The molecule has 5 aromatic rings. The Hall–Kier alpha value is -3.10. The molecular formula is C32H31GaNO2Si. The second-order valence-electron chi connectivity index (χ2n) is 9.69. The van der Waals surface area contributed by atoms with Crippen LogP contribution in [0, 0.1) is 34.6 Å². The standard InChI is InChI=1S/C21H21OSi.C11H11NO.Ga/c1-16-10-4-7-13-19(16)23(22,20-14-8-5-11-17(20)2)21-15-9-6-12-18(21)3;1-7-6-8(2)12-11-9(7)4-3-5-10(11)13;/h4-15H,1-3H3;3-6,13H,1-2H3;/q-1;;+2/p-1. The van der Waals surface area contributed by atoms with Crippen molar-refractivity contribution in [2.45, 2.75) is 34.6 Å². The van der Waals surface area contributed by atoms with Crippen LogP contribution in [0.4, 0.5) is 0 Å². The molecule has 1 radical (unpaired) electrons. The number of hydrogen-bond acceptors (Lipinski definition) is 3. The number of aromatic nitrogens is 1. The summed E-state index contributed by atoms with van der Waals surface area (Å²) < 4.78 is 13.9. The van der Waals surface area contributed by atoms with Gasteiger partial charge >= 0.3 is 230 Å². The van der Waals surface area contributed by atoms with Crippen LogP contribution in [-0.4, -0.2) is 31.4 Å². The molecule has 183 valence electrons. The zero-order chi connectivity index (χ0) is 26.0. The Morgan fingerprint density at radius 3 is 1.62 bits per heavy atom. The summed E-state index contributed by atoms with van der Waals surface area (Å²) in [5.41, 5.74) is 6.85. The molecule has 0 unspecified atom stereocenters. The molecule has 0 amide bonds. The van der Waals surface area contributed by atoms with E-state index in [4.69, 9.17) is 11.7 Å². The first-order chi connectivity index (χ1) is 17.9. The molecule has 0 atom stereocenters. The number of pyridine rings is 1. The summed E-state index contributed by atoms with van der Waals surface area (Å²) in [5, 5.41) is 4.96. The molecule has 0 aliphatic rings. The SMILES string of the molecule is Cc1cc(C)c2cccc([O][Ga][O][Si](c3ccccc3C)(c3ccccc3C)c3ccccc3C)c2n1. The topological polar surface area (TPSA) is 31.4 Å². The van der Waals surface area contributed by atoms with E-state index in [9.17, 15) is 0 Å². The summed E-state index contributed by atoms with van der Waals surface area (Å²) in [7, 11) is -2.88. The molecule has 37 heavy (non-hydrogen) atoms. The van der Waals surface area contributed by atoms with E-state index in [0.717, 1.165) is 22.3 Å². The normalized spacial score (nSPS) is 11.5. The zero-order valence-corrected chi connectivity index (χ0v) is 25.5. The summed E-state index contributed by atoms with van der Waals surface area (Å²) in [6.07, 6.45) is 0. The zero-order valence-electron chi connectivity index (χ0n) is 22.1. The van der Waals surface area contributed by atoms with Gasteiger partial charge in [0.15, 0.2) is 0 Å². The Balaban J connectivity index is 1.66. The van der Waals surface area contributed by atoms with Gasteiger partial charge in [0, 0.05) is 0 Å². The summed E-state index contributed by atoms with van der Waals surface area (Å²) in [6, 6.07) is 34.4. The first-order valence-corrected chi connectivity index (χ1v) is 16.5. The Kier molecular flexibility index (Phi) is 7.40. The maximum atomic E-state index is 7.29. The van der Waals surface area contributed by atoms with Crippen LogP contribution in [0.3, 0.4) is 0 Å². The van der Waals surface area contributed by atoms with Gasteiger partial charge in [-0.2, -0.15) is 0 Å². The van der Waals surface area contributed by atoms with Crippen LogP contribution in [0.1, 0.15) is 27.9 Å². The van der Waals surface area contributed by atoms with Crippen molar-refractivity contribution < 1.29 is 6.75 Å². The Bertz CT molecular complexity index is 1470. The van der Waals surface area contributed by atoms with Crippen molar-refractivity contribution in [2.75, 3.05) is 0 Å². The van der Waals surface area contributed by atoms with Crippen molar-refractivity contribution in [1.82, 2.24) is 4.98 Å². The monoisotopic (exact) mass is 558 g/mol. The van der Waals surface area contributed by atoms with Gasteiger partial charge in [-0.15, -0.1) is 0 Å².